The van der Waals surface area contributed by atoms with Gasteiger partial charge in [0.05, 0.1) is 5.69 Å². The van der Waals surface area contributed by atoms with Crippen molar-refractivity contribution in [1.29, 1.82) is 0 Å². The van der Waals surface area contributed by atoms with E-state index in [1.807, 2.05) is 23.6 Å². The second-order valence-electron chi connectivity index (χ2n) is 4.65. The predicted molar refractivity (Wildman–Crippen MR) is 87.9 cm³/mol. The molecule has 2 amide bonds. The molecule has 6 heteroatoms. The van der Waals surface area contributed by atoms with Gasteiger partial charge in [0, 0.05) is 22.2 Å². The first kappa shape index (κ1) is 14.1. The zero-order chi connectivity index (χ0) is 15.5. The van der Waals surface area contributed by atoms with Crippen molar-refractivity contribution < 1.29 is 9.90 Å². The molecule has 0 radical (unpaired) electrons. The van der Waals surface area contributed by atoms with Crippen LogP contribution in [0.25, 0.3) is 21.8 Å². The minimum absolute atomic E-state index is 0.219. The number of aromatic hydroxyl groups is 1. The molecule has 110 valence electrons. The summed E-state index contributed by atoms with van der Waals surface area (Å²) in [5, 5.41) is 14.8. The molecule has 0 aliphatic rings. The number of phenolic OH excluding ortho intramolecular Hbond substituents is 1. The molecule has 0 saturated carbocycles. The number of aromatic nitrogens is 1. The van der Waals surface area contributed by atoms with Crippen LogP contribution < -0.4 is 11.1 Å². The Hall–Kier alpha value is -2.86. The molecular formula is C16H13N3O2S. The maximum absolute atomic E-state index is 10.8. The Bertz CT molecular complexity index is 812. The summed E-state index contributed by atoms with van der Waals surface area (Å²) in [5.74, 6) is 0.219. The second-order valence-corrected chi connectivity index (χ2v) is 5.51. The van der Waals surface area contributed by atoms with Crippen LogP contribution >= 0.6 is 11.3 Å². The van der Waals surface area contributed by atoms with Gasteiger partial charge in [-0.15, -0.1) is 11.3 Å². The lowest BCUT2D eigenvalue weighted by molar-refractivity contribution is 0.259. The lowest BCUT2D eigenvalue weighted by atomic mass is 10.1. The maximum atomic E-state index is 10.8. The number of amides is 2. The van der Waals surface area contributed by atoms with Gasteiger partial charge in [-0.1, -0.05) is 24.3 Å². The highest BCUT2D eigenvalue weighted by atomic mass is 32.1. The Morgan fingerprint density at radius 3 is 2.59 bits per heavy atom. The van der Waals surface area contributed by atoms with Gasteiger partial charge < -0.3 is 16.2 Å². The van der Waals surface area contributed by atoms with E-state index in [4.69, 9.17) is 5.73 Å². The van der Waals surface area contributed by atoms with E-state index in [1.165, 1.54) is 11.3 Å². The zero-order valence-electron chi connectivity index (χ0n) is 11.5. The Labute approximate surface area is 131 Å². The highest BCUT2D eigenvalue weighted by Gasteiger charge is 2.07. The van der Waals surface area contributed by atoms with Crippen LogP contribution in [-0.2, 0) is 0 Å². The second kappa shape index (κ2) is 5.87. The van der Waals surface area contributed by atoms with Crippen LogP contribution in [0.4, 0.5) is 10.5 Å². The van der Waals surface area contributed by atoms with Gasteiger partial charge in [0.25, 0.3) is 0 Å². The fraction of sp³-hybridized carbons (Fsp3) is 0. The SMILES string of the molecule is NC(=O)Nc1ccc(-c2csc(-c3cccc(O)c3)n2)cc1. The summed E-state index contributed by atoms with van der Waals surface area (Å²) >= 11 is 1.51. The van der Waals surface area contributed by atoms with Crippen molar-refractivity contribution in [2.75, 3.05) is 5.32 Å². The molecule has 0 bridgehead atoms. The third-order valence-electron chi connectivity index (χ3n) is 3.05. The van der Waals surface area contributed by atoms with Crippen LogP contribution in [0.2, 0.25) is 0 Å². The van der Waals surface area contributed by atoms with Gasteiger partial charge >= 0.3 is 6.03 Å². The largest absolute Gasteiger partial charge is 0.508 e. The molecule has 1 aromatic heterocycles. The number of urea groups is 1. The van der Waals surface area contributed by atoms with Crippen LogP contribution in [-0.4, -0.2) is 16.1 Å². The number of phenols is 1. The van der Waals surface area contributed by atoms with Gasteiger partial charge in [-0.25, -0.2) is 9.78 Å². The molecule has 0 aliphatic heterocycles. The number of primary amides is 1. The van der Waals surface area contributed by atoms with Crippen LogP contribution in [0.1, 0.15) is 0 Å². The molecule has 22 heavy (non-hydrogen) atoms. The smallest absolute Gasteiger partial charge is 0.316 e. The van der Waals surface area contributed by atoms with E-state index < -0.39 is 6.03 Å². The van der Waals surface area contributed by atoms with Gasteiger partial charge in [-0.05, 0) is 24.3 Å². The lowest BCUT2D eigenvalue weighted by Gasteiger charge is -2.02. The number of nitrogens with two attached hydrogens (primary N) is 1. The first-order valence-corrected chi connectivity index (χ1v) is 7.41. The number of carbonyl (C=O) groups excluding carboxylic acids is 1. The molecule has 4 N–H and O–H groups in total. The lowest BCUT2D eigenvalue weighted by Crippen LogP contribution is -2.19. The summed E-state index contributed by atoms with van der Waals surface area (Å²) in [6.07, 6.45) is 0. The molecule has 3 aromatic rings. The van der Waals surface area contributed by atoms with Gasteiger partial charge in [0.1, 0.15) is 10.8 Å². The maximum Gasteiger partial charge on any atom is 0.316 e. The molecule has 2 aromatic carbocycles. The molecule has 5 nitrogen and oxygen atoms in total. The zero-order valence-corrected chi connectivity index (χ0v) is 12.3. The van der Waals surface area contributed by atoms with E-state index in [0.717, 1.165) is 21.8 Å². The van der Waals surface area contributed by atoms with Crippen LogP contribution in [0, 0.1) is 0 Å². The monoisotopic (exact) mass is 311 g/mol. The number of hydrogen-bond acceptors (Lipinski definition) is 4. The minimum Gasteiger partial charge on any atom is -0.508 e. The van der Waals surface area contributed by atoms with Gasteiger partial charge in [-0.2, -0.15) is 0 Å². The molecular weight excluding hydrogens is 298 g/mol. The summed E-state index contributed by atoms with van der Waals surface area (Å²) in [7, 11) is 0. The van der Waals surface area contributed by atoms with Crippen molar-refractivity contribution in [3.8, 4) is 27.6 Å². The molecule has 0 unspecified atom stereocenters. The quantitative estimate of drug-likeness (QED) is 0.689. The van der Waals surface area contributed by atoms with Gasteiger partial charge in [0.15, 0.2) is 0 Å². The topological polar surface area (TPSA) is 88.2 Å². The summed E-state index contributed by atoms with van der Waals surface area (Å²) in [4.78, 5) is 15.4. The molecule has 0 spiro atoms. The highest BCUT2D eigenvalue weighted by Crippen LogP contribution is 2.30. The molecule has 0 fully saturated rings. The number of hydrogen-bond donors (Lipinski definition) is 3. The predicted octanol–water partition coefficient (Wildman–Crippen LogP) is 3.67. The van der Waals surface area contributed by atoms with Crippen molar-refractivity contribution in [2.45, 2.75) is 0 Å². The summed E-state index contributed by atoms with van der Waals surface area (Å²) < 4.78 is 0. The third-order valence-corrected chi connectivity index (χ3v) is 3.94. The molecule has 0 saturated heterocycles. The summed E-state index contributed by atoms with van der Waals surface area (Å²) in [5.41, 5.74) is 8.37. The van der Waals surface area contributed by atoms with Crippen molar-refractivity contribution in [1.82, 2.24) is 4.98 Å². The van der Waals surface area contributed by atoms with E-state index in [-0.39, 0.29) is 5.75 Å². The van der Waals surface area contributed by atoms with Crippen LogP contribution in [0.15, 0.2) is 53.9 Å². The Morgan fingerprint density at radius 2 is 1.91 bits per heavy atom. The van der Waals surface area contributed by atoms with Crippen molar-refractivity contribution in [3.63, 3.8) is 0 Å². The normalized spacial score (nSPS) is 10.4. The van der Waals surface area contributed by atoms with E-state index in [2.05, 4.69) is 10.3 Å². The number of carbonyl (C=O) groups is 1. The molecule has 3 rings (SSSR count). The number of anilines is 1. The summed E-state index contributed by atoms with van der Waals surface area (Å²) in [6, 6.07) is 13.7. The van der Waals surface area contributed by atoms with Crippen molar-refractivity contribution in [3.05, 3.63) is 53.9 Å². The number of thiazole rings is 1. The Kier molecular flexibility index (Phi) is 3.76. The van der Waals surface area contributed by atoms with Crippen molar-refractivity contribution in [2.24, 2.45) is 5.73 Å². The first-order chi connectivity index (χ1) is 10.6. The Morgan fingerprint density at radius 1 is 1.14 bits per heavy atom. The van der Waals surface area contributed by atoms with E-state index in [9.17, 15) is 9.90 Å². The number of nitrogens with one attached hydrogen (secondary N) is 1. The van der Waals surface area contributed by atoms with Gasteiger partial charge in [0.2, 0.25) is 0 Å². The fourth-order valence-electron chi connectivity index (χ4n) is 2.04. The van der Waals surface area contributed by atoms with Gasteiger partial charge in [-0.3, -0.25) is 0 Å². The minimum atomic E-state index is -0.590. The van der Waals surface area contributed by atoms with E-state index in [1.54, 1.807) is 30.3 Å². The number of rotatable bonds is 3. The van der Waals surface area contributed by atoms with E-state index >= 15 is 0 Å². The Balaban J connectivity index is 1.86. The standard InChI is InChI=1S/C16H13N3O2S/c17-16(21)18-12-6-4-10(5-7-12)14-9-22-15(19-14)11-2-1-3-13(20)8-11/h1-9,20H,(H3,17,18,21). The van der Waals surface area contributed by atoms with Crippen molar-refractivity contribution >= 4 is 23.1 Å². The average molecular weight is 311 g/mol. The van der Waals surface area contributed by atoms with E-state index in [0.29, 0.717) is 5.69 Å². The summed E-state index contributed by atoms with van der Waals surface area (Å²) in [6.45, 7) is 0. The number of benzene rings is 2. The molecule has 0 atom stereocenters. The highest BCUT2D eigenvalue weighted by molar-refractivity contribution is 7.13. The number of nitrogens with zero attached hydrogens (tertiary/aromatic N) is 1. The van der Waals surface area contributed by atoms with Crippen LogP contribution in [0.3, 0.4) is 0 Å². The average Bonchev–Trinajstić information content (AvgIpc) is 2.97. The molecule has 1 heterocycles. The molecule has 0 aliphatic carbocycles. The first-order valence-electron chi connectivity index (χ1n) is 6.53. The van der Waals surface area contributed by atoms with Crippen LogP contribution in [0.5, 0.6) is 5.75 Å². The fourth-order valence-corrected chi connectivity index (χ4v) is 2.87. The third kappa shape index (κ3) is 3.07.